The molecule has 3 N–H and O–H groups in total. The van der Waals surface area contributed by atoms with Crippen molar-refractivity contribution in [2.75, 3.05) is 31.9 Å². The van der Waals surface area contributed by atoms with Gasteiger partial charge in [0.15, 0.2) is 0 Å². The Morgan fingerprint density at radius 1 is 1.38 bits per heavy atom. The molecule has 1 heterocycles. The van der Waals surface area contributed by atoms with Gasteiger partial charge in [-0.2, -0.15) is 0 Å². The Labute approximate surface area is 99.4 Å². The van der Waals surface area contributed by atoms with Crippen LogP contribution in [0, 0.1) is 5.82 Å². The second-order valence-corrected chi connectivity index (χ2v) is 4.40. The molecule has 1 aliphatic heterocycles. The molecule has 0 bridgehead atoms. The van der Waals surface area contributed by atoms with Crippen LogP contribution in [-0.2, 0) is 6.54 Å². The highest BCUT2D eigenvalue weighted by atomic mass is 35.5. The molecule has 5 heteroatoms. The minimum Gasteiger partial charge on any atom is -0.396 e. The maximum absolute atomic E-state index is 13.1. The molecule has 3 nitrogen and oxygen atoms in total. The molecule has 1 saturated heterocycles. The monoisotopic (exact) mass is 243 g/mol. The Kier molecular flexibility index (Phi) is 3.63. The molecule has 1 aromatic rings. The van der Waals surface area contributed by atoms with Crippen molar-refractivity contribution in [2.24, 2.45) is 0 Å². The number of nitrogen functional groups attached to an aromatic ring is 1. The van der Waals surface area contributed by atoms with Crippen molar-refractivity contribution in [3.8, 4) is 0 Å². The third kappa shape index (κ3) is 2.64. The lowest BCUT2D eigenvalue weighted by Gasteiger charge is -2.27. The van der Waals surface area contributed by atoms with Crippen LogP contribution < -0.4 is 11.1 Å². The van der Waals surface area contributed by atoms with E-state index in [0.29, 0.717) is 5.02 Å². The number of hydrogen-bond donors (Lipinski definition) is 2. The molecule has 0 unspecified atom stereocenters. The predicted molar refractivity (Wildman–Crippen MR) is 64.0 cm³/mol. The van der Waals surface area contributed by atoms with Crippen molar-refractivity contribution >= 4 is 17.3 Å². The number of nitrogens with two attached hydrogens (primary N) is 1. The SMILES string of the molecule is Nc1cc(CN2CCNCC2)c(Cl)cc1F. The second kappa shape index (κ2) is 4.99. The van der Waals surface area contributed by atoms with E-state index in [1.165, 1.54) is 6.07 Å². The van der Waals surface area contributed by atoms with Crippen molar-refractivity contribution in [1.82, 2.24) is 10.2 Å². The van der Waals surface area contributed by atoms with Crippen molar-refractivity contribution in [1.29, 1.82) is 0 Å². The normalized spacial score (nSPS) is 17.6. The van der Waals surface area contributed by atoms with Gasteiger partial charge < -0.3 is 11.1 Å². The number of rotatable bonds is 2. The molecule has 1 fully saturated rings. The van der Waals surface area contributed by atoms with Crippen LogP contribution in [0.5, 0.6) is 0 Å². The largest absolute Gasteiger partial charge is 0.396 e. The lowest BCUT2D eigenvalue weighted by molar-refractivity contribution is 0.233. The van der Waals surface area contributed by atoms with Crippen LogP contribution in [-0.4, -0.2) is 31.1 Å². The predicted octanol–water partition coefficient (Wildman–Crippen LogP) is 1.47. The summed E-state index contributed by atoms with van der Waals surface area (Å²) < 4.78 is 13.1. The van der Waals surface area contributed by atoms with Gasteiger partial charge in [-0.1, -0.05) is 11.6 Å². The zero-order valence-electron chi connectivity index (χ0n) is 8.97. The number of hydrogen-bond acceptors (Lipinski definition) is 3. The third-order valence-corrected chi connectivity index (χ3v) is 3.12. The Bertz CT molecular complexity index is 378. The number of benzene rings is 1. The van der Waals surface area contributed by atoms with Crippen LogP contribution in [0.4, 0.5) is 10.1 Å². The summed E-state index contributed by atoms with van der Waals surface area (Å²) in [6.45, 7) is 4.65. The Morgan fingerprint density at radius 3 is 2.75 bits per heavy atom. The minimum atomic E-state index is -0.450. The number of nitrogens with one attached hydrogen (secondary N) is 1. The van der Waals surface area contributed by atoms with E-state index in [1.807, 2.05) is 0 Å². The summed E-state index contributed by atoms with van der Waals surface area (Å²) in [5.74, 6) is -0.450. The Balaban J connectivity index is 2.11. The van der Waals surface area contributed by atoms with Gasteiger partial charge in [0.2, 0.25) is 0 Å². The van der Waals surface area contributed by atoms with Gasteiger partial charge in [-0.05, 0) is 17.7 Å². The molecule has 0 saturated carbocycles. The van der Waals surface area contributed by atoms with Crippen LogP contribution in [0.15, 0.2) is 12.1 Å². The van der Waals surface area contributed by atoms with Gasteiger partial charge in [0.1, 0.15) is 5.82 Å². The second-order valence-electron chi connectivity index (χ2n) is 3.99. The van der Waals surface area contributed by atoms with E-state index >= 15 is 0 Å². The van der Waals surface area contributed by atoms with Crippen LogP contribution >= 0.6 is 11.6 Å². The topological polar surface area (TPSA) is 41.3 Å². The van der Waals surface area contributed by atoms with Crippen molar-refractivity contribution in [3.63, 3.8) is 0 Å². The van der Waals surface area contributed by atoms with Crippen LogP contribution in [0.3, 0.4) is 0 Å². The van der Waals surface area contributed by atoms with E-state index in [4.69, 9.17) is 17.3 Å². The molecule has 1 aliphatic rings. The van der Waals surface area contributed by atoms with E-state index in [0.717, 1.165) is 38.3 Å². The zero-order valence-corrected chi connectivity index (χ0v) is 9.73. The van der Waals surface area contributed by atoms with Gasteiger partial charge in [0.05, 0.1) is 5.69 Å². The van der Waals surface area contributed by atoms with Gasteiger partial charge >= 0.3 is 0 Å². The fourth-order valence-corrected chi connectivity index (χ4v) is 2.05. The fourth-order valence-electron chi connectivity index (χ4n) is 1.84. The first-order chi connectivity index (χ1) is 7.66. The van der Waals surface area contributed by atoms with E-state index in [1.54, 1.807) is 6.07 Å². The quantitative estimate of drug-likeness (QED) is 0.773. The number of halogens is 2. The highest BCUT2D eigenvalue weighted by Crippen LogP contribution is 2.23. The summed E-state index contributed by atoms with van der Waals surface area (Å²) in [4.78, 5) is 2.27. The maximum Gasteiger partial charge on any atom is 0.147 e. The molecule has 0 spiro atoms. The van der Waals surface area contributed by atoms with Crippen LogP contribution in [0.1, 0.15) is 5.56 Å². The zero-order chi connectivity index (χ0) is 11.5. The summed E-state index contributed by atoms with van der Waals surface area (Å²) in [5, 5.41) is 3.73. The maximum atomic E-state index is 13.1. The smallest absolute Gasteiger partial charge is 0.147 e. The standard InChI is InChI=1S/C11H15ClFN3/c12-9-6-10(13)11(14)5-8(9)7-16-3-1-15-2-4-16/h5-6,15H,1-4,7,14H2. The molecule has 88 valence electrons. The molecular formula is C11H15ClFN3. The van der Waals surface area contributed by atoms with E-state index < -0.39 is 5.82 Å². The molecule has 0 aromatic heterocycles. The fraction of sp³-hybridized carbons (Fsp3) is 0.455. The molecule has 0 atom stereocenters. The molecule has 0 aliphatic carbocycles. The molecule has 0 radical (unpaired) electrons. The average Bonchev–Trinajstić information content (AvgIpc) is 2.27. The minimum absolute atomic E-state index is 0.162. The lowest BCUT2D eigenvalue weighted by Crippen LogP contribution is -2.42. The third-order valence-electron chi connectivity index (χ3n) is 2.77. The van der Waals surface area contributed by atoms with Gasteiger partial charge in [0, 0.05) is 37.7 Å². The summed E-state index contributed by atoms with van der Waals surface area (Å²) in [5.41, 5.74) is 6.58. The first-order valence-electron chi connectivity index (χ1n) is 5.33. The first kappa shape index (κ1) is 11.6. The highest BCUT2D eigenvalue weighted by Gasteiger charge is 2.13. The summed E-state index contributed by atoms with van der Waals surface area (Å²) >= 11 is 5.98. The van der Waals surface area contributed by atoms with Crippen molar-refractivity contribution in [2.45, 2.75) is 6.54 Å². The lowest BCUT2D eigenvalue weighted by atomic mass is 10.1. The molecule has 1 aromatic carbocycles. The van der Waals surface area contributed by atoms with Gasteiger partial charge in [-0.25, -0.2) is 4.39 Å². The summed E-state index contributed by atoms with van der Waals surface area (Å²) in [6.07, 6.45) is 0. The Hall–Kier alpha value is -0.840. The number of nitrogens with zero attached hydrogens (tertiary/aromatic N) is 1. The van der Waals surface area contributed by atoms with Crippen molar-refractivity contribution < 1.29 is 4.39 Å². The average molecular weight is 244 g/mol. The number of anilines is 1. The van der Waals surface area contributed by atoms with Crippen LogP contribution in [0.25, 0.3) is 0 Å². The van der Waals surface area contributed by atoms with E-state index in [-0.39, 0.29) is 5.69 Å². The van der Waals surface area contributed by atoms with Gasteiger partial charge in [-0.15, -0.1) is 0 Å². The molecule has 2 rings (SSSR count). The molecule has 16 heavy (non-hydrogen) atoms. The van der Waals surface area contributed by atoms with E-state index in [2.05, 4.69) is 10.2 Å². The Morgan fingerprint density at radius 2 is 2.06 bits per heavy atom. The van der Waals surface area contributed by atoms with Crippen LogP contribution in [0.2, 0.25) is 5.02 Å². The van der Waals surface area contributed by atoms with Crippen molar-refractivity contribution in [3.05, 3.63) is 28.5 Å². The molecular weight excluding hydrogens is 229 g/mol. The highest BCUT2D eigenvalue weighted by molar-refractivity contribution is 6.31. The van der Waals surface area contributed by atoms with Gasteiger partial charge in [-0.3, -0.25) is 4.90 Å². The summed E-state index contributed by atoms with van der Waals surface area (Å²) in [7, 11) is 0. The molecule has 0 amide bonds. The summed E-state index contributed by atoms with van der Waals surface area (Å²) in [6, 6.07) is 2.91. The van der Waals surface area contributed by atoms with E-state index in [9.17, 15) is 4.39 Å². The first-order valence-corrected chi connectivity index (χ1v) is 5.71. The van der Waals surface area contributed by atoms with Gasteiger partial charge in [0.25, 0.3) is 0 Å². The number of piperazine rings is 1.